The van der Waals surface area contributed by atoms with E-state index in [0.717, 1.165) is 40.9 Å². The number of aromatic nitrogens is 1. The summed E-state index contributed by atoms with van der Waals surface area (Å²) < 4.78 is 66.8. The maximum Gasteiger partial charge on any atom is 0.416 e. The van der Waals surface area contributed by atoms with Crippen LogP contribution in [-0.4, -0.2) is 37.0 Å². The standard InChI is InChI=1S/C21H17F3N2O4S2/c1-32(28,29)20-25-18(12-31-20)19(27)26-9-8-13-10-17(5-2-14(13)11-26)30-16-6-3-15(4-7-16)21(22,23)24/h2-7,10,12H,8-9,11H2,1H3. The predicted octanol–water partition coefficient (Wildman–Crippen LogP) is 4.56. The molecular weight excluding hydrogens is 465 g/mol. The number of fused-ring (bicyclic) bond motifs is 1. The van der Waals surface area contributed by atoms with E-state index in [4.69, 9.17) is 4.74 Å². The van der Waals surface area contributed by atoms with Gasteiger partial charge in [-0.3, -0.25) is 4.79 Å². The molecule has 0 spiro atoms. The quantitative estimate of drug-likeness (QED) is 0.545. The number of hydrogen-bond acceptors (Lipinski definition) is 6. The molecule has 32 heavy (non-hydrogen) atoms. The number of nitrogens with zero attached hydrogens (tertiary/aromatic N) is 2. The van der Waals surface area contributed by atoms with Crippen molar-refractivity contribution >= 4 is 27.1 Å². The molecule has 6 nitrogen and oxygen atoms in total. The molecule has 1 aromatic heterocycles. The maximum atomic E-state index is 12.7. The van der Waals surface area contributed by atoms with Crippen molar-refractivity contribution in [1.82, 2.24) is 9.88 Å². The predicted molar refractivity (Wildman–Crippen MR) is 112 cm³/mol. The summed E-state index contributed by atoms with van der Waals surface area (Å²) in [5.41, 5.74) is 1.22. The lowest BCUT2D eigenvalue weighted by molar-refractivity contribution is -0.137. The number of carbonyl (C=O) groups excluding carboxylic acids is 1. The summed E-state index contributed by atoms with van der Waals surface area (Å²) in [5, 5.41) is 1.44. The number of alkyl halides is 3. The summed E-state index contributed by atoms with van der Waals surface area (Å²) in [4.78, 5) is 18.3. The zero-order valence-corrected chi connectivity index (χ0v) is 18.4. The highest BCUT2D eigenvalue weighted by molar-refractivity contribution is 7.92. The molecule has 1 aliphatic heterocycles. The number of halogens is 3. The van der Waals surface area contributed by atoms with Crippen LogP contribution in [0.1, 0.15) is 27.2 Å². The number of benzene rings is 2. The van der Waals surface area contributed by atoms with Gasteiger partial charge < -0.3 is 9.64 Å². The number of thiazole rings is 1. The van der Waals surface area contributed by atoms with E-state index in [9.17, 15) is 26.4 Å². The highest BCUT2D eigenvalue weighted by Crippen LogP contribution is 2.32. The van der Waals surface area contributed by atoms with E-state index in [1.165, 1.54) is 17.5 Å². The summed E-state index contributed by atoms with van der Waals surface area (Å²) in [5.74, 6) is 0.434. The van der Waals surface area contributed by atoms with Gasteiger partial charge in [-0.15, -0.1) is 11.3 Å². The Morgan fingerprint density at radius 3 is 2.41 bits per heavy atom. The zero-order valence-electron chi connectivity index (χ0n) is 16.7. The summed E-state index contributed by atoms with van der Waals surface area (Å²) in [6.07, 6.45) is -2.81. The Morgan fingerprint density at radius 2 is 1.78 bits per heavy atom. The molecule has 0 bridgehead atoms. The van der Waals surface area contributed by atoms with Gasteiger partial charge >= 0.3 is 6.18 Å². The summed E-state index contributed by atoms with van der Waals surface area (Å²) in [7, 11) is -3.47. The number of rotatable bonds is 4. The fraction of sp³-hybridized carbons (Fsp3) is 0.238. The second-order valence-corrected chi connectivity index (χ2v) is 10.3. The van der Waals surface area contributed by atoms with Crippen molar-refractivity contribution in [2.45, 2.75) is 23.5 Å². The Labute approximate surface area is 186 Å². The number of sulfone groups is 1. The molecule has 0 saturated heterocycles. The van der Waals surface area contributed by atoms with Gasteiger partial charge in [0, 0.05) is 24.7 Å². The Bertz CT molecular complexity index is 1270. The van der Waals surface area contributed by atoms with E-state index < -0.39 is 21.6 Å². The molecule has 0 N–H and O–H groups in total. The molecule has 0 radical (unpaired) electrons. The van der Waals surface area contributed by atoms with E-state index in [1.54, 1.807) is 23.1 Å². The largest absolute Gasteiger partial charge is 0.457 e. The van der Waals surface area contributed by atoms with Crippen molar-refractivity contribution in [3.8, 4) is 11.5 Å². The number of carbonyl (C=O) groups is 1. The highest BCUT2D eigenvalue weighted by atomic mass is 32.2. The van der Waals surface area contributed by atoms with Crippen molar-refractivity contribution in [2.24, 2.45) is 0 Å². The Balaban J connectivity index is 1.45. The molecule has 0 atom stereocenters. The van der Waals surface area contributed by atoms with Crippen LogP contribution in [0.3, 0.4) is 0 Å². The van der Waals surface area contributed by atoms with E-state index in [1.807, 2.05) is 0 Å². The van der Waals surface area contributed by atoms with Gasteiger partial charge in [-0.2, -0.15) is 13.2 Å². The van der Waals surface area contributed by atoms with Crippen LogP contribution in [0.2, 0.25) is 0 Å². The lowest BCUT2D eigenvalue weighted by atomic mass is 9.99. The van der Waals surface area contributed by atoms with Gasteiger partial charge in [0.15, 0.2) is 0 Å². The van der Waals surface area contributed by atoms with Crippen LogP contribution in [0.25, 0.3) is 0 Å². The van der Waals surface area contributed by atoms with Crippen LogP contribution in [0.4, 0.5) is 13.2 Å². The van der Waals surface area contributed by atoms with Crippen molar-refractivity contribution in [3.63, 3.8) is 0 Å². The molecule has 2 aromatic carbocycles. The molecule has 1 aliphatic rings. The Morgan fingerprint density at radius 1 is 1.09 bits per heavy atom. The SMILES string of the molecule is CS(=O)(=O)c1nc(C(=O)N2CCc3cc(Oc4ccc(C(F)(F)F)cc4)ccc3C2)cs1. The molecule has 3 aromatic rings. The van der Waals surface area contributed by atoms with E-state index >= 15 is 0 Å². The Kier molecular flexibility index (Phi) is 5.72. The molecule has 0 fully saturated rings. The van der Waals surface area contributed by atoms with Crippen LogP contribution in [-0.2, 0) is 29.0 Å². The first-order valence-electron chi connectivity index (χ1n) is 9.42. The van der Waals surface area contributed by atoms with Gasteiger partial charge in [0.2, 0.25) is 14.2 Å². The molecular formula is C21H17F3N2O4S2. The average Bonchev–Trinajstić information content (AvgIpc) is 3.23. The zero-order chi connectivity index (χ0) is 23.1. The lowest BCUT2D eigenvalue weighted by Gasteiger charge is -2.28. The first-order valence-corrected chi connectivity index (χ1v) is 12.2. The van der Waals surface area contributed by atoms with Gasteiger partial charge in [0.25, 0.3) is 5.91 Å². The van der Waals surface area contributed by atoms with E-state index in [2.05, 4.69) is 4.98 Å². The number of hydrogen-bond donors (Lipinski definition) is 0. The van der Waals surface area contributed by atoms with Crippen molar-refractivity contribution < 1.29 is 31.1 Å². The second kappa shape index (κ2) is 8.21. The molecule has 2 heterocycles. The maximum absolute atomic E-state index is 12.7. The third-order valence-electron chi connectivity index (χ3n) is 4.91. The minimum Gasteiger partial charge on any atom is -0.457 e. The minimum atomic E-state index is -4.40. The summed E-state index contributed by atoms with van der Waals surface area (Å²) in [6.45, 7) is 0.752. The van der Waals surface area contributed by atoms with Gasteiger partial charge in [-0.1, -0.05) is 6.07 Å². The number of amides is 1. The first-order chi connectivity index (χ1) is 15.0. The van der Waals surface area contributed by atoms with Crippen molar-refractivity contribution in [3.05, 3.63) is 70.2 Å². The molecule has 0 aliphatic carbocycles. The van der Waals surface area contributed by atoms with E-state index in [0.29, 0.717) is 25.3 Å². The third-order valence-corrected chi connectivity index (χ3v) is 7.47. The normalized spacial score (nSPS) is 14.2. The van der Waals surface area contributed by atoms with Crippen molar-refractivity contribution in [2.75, 3.05) is 12.8 Å². The van der Waals surface area contributed by atoms with Gasteiger partial charge in [-0.25, -0.2) is 13.4 Å². The van der Waals surface area contributed by atoms with Crippen LogP contribution in [0.5, 0.6) is 11.5 Å². The van der Waals surface area contributed by atoms with Crippen LogP contribution in [0.15, 0.2) is 52.2 Å². The van der Waals surface area contributed by atoms with Gasteiger partial charge in [0.05, 0.1) is 5.56 Å². The topological polar surface area (TPSA) is 76.6 Å². The average molecular weight is 483 g/mol. The van der Waals surface area contributed by atoms with Crippen LogP contribution in [0, 0.1) is 0 Å². The highest BCUT2D eigenvalue weighted by Gasteiger charge is 2.30. The molecule has 4 rings (SSSR count). The van der Waals surface area contributed by atoms with Gasteiger partial charge in [-0.05, 0) is 53.9 Å². The molecule has 0 unspecified atom stereocenters. The Hall–Kier alpha value is -2.92. The third kappa shape index (κ3) is 4.78. The number of ether oxygens (including phenoxy) is 1. The lowest BCUT2D eigenvalue weighted by Crippen LogP contribution is -2.36. The molecule has 1 amide bonds. The van der Waals surface area contributed by atoms with Gasteiger partial charge in [0.1, 0.15) is 17.2 Å². The monoisotopic (exact) mass is 482 g/mol. The second-order valence-electron chi connectivity index (χ2n) is 7.30. The molecule has 168 valence electrons. The van der Waals surface area contributed by atoms with E-state index in [-0.39, 0.29) is 21.7 Å². The van der Waals surface area contributed by atoms with Crippen LogP contribution >= 0.6 is 11.3 Å². The van der Waals surface area contributed by atoms with Crippen LogP contribution < -0.4 is 4.74 Å². The summed E-state index contributed by atoms with van der Waals surface area (Å²) >= 11 is 0.914. The molecule has 0 saturated carbocycles. The fourth-order valence-corrected chi connectivity index (χ4v) is 4.93. The first kappa shape index (κ1) is 22.3. The smallest absolute Gasteiger partial charge is 0.416 e. The summed E-state index contributed by atoms with van der Waals surface area (Å²) in [6, 6.07) is 9.75. The van der Waals surface area contributed by atoms with Crippen molar-refractivity contribution in [1.29, 1.82) is 0 Å². The fourth-order valence-electron chi connectivity index (χ4n) is 3.30. The minimum absolute atomic E-state index is 0.0942. The molecule has 11 heteroatoms.